The topological polar surface area (TPSA) is 174 Å². The predicted molar refractivity (Wildman–Crippen MR) is 173 cm³/mol. The molecule has 0 atom stereocenters. The molecule has 2 aromatic carbocycles. The predicted octanol–water partition coefficient (Wildman–Crippen LogP) is 5.98. The minimum absolute atomic E-state index is 0.0227. The second kappa shape index (κ2) is 15.4. The van der Waals surface area contributed by atoms with Crippen LogP contribution in [0.1, 0.15) is 43.3 Å². The lowest BCUT2D eigenvalue weighted by Crippen LogP contribution is -2.34. The van der Waals surface area contributed by atoms with Crippen LogP contribution in [0.3, 0.4) is 0 Å². The maximum absolute atomic E-state index is 13.0. The average Bonchev–Trinajstić information content (AvgIpc) is 3.58. The molecular formula is C34H35N5O8. The van der Waals surface area contributed by atoms with Crippen molar-refractivity contribution >= 4 is 29.4 Å². The zero-order chi connectivity index (χ0) is 34.0. The smallest absolute Gasteiger partial charge is 0.407 e. The zero-order valence-corrected chi connectivity index (χ0v) is 26.6. The van der Waals surface area contributed by atoms with E-state index in [0.717, 1.165) is 0 Å². The van der Waals surface area contributed by atoms with Gasteiger partial charge in [0.2, 0.25) is 5.91 Å². The fraction of sp³-hybridized carbons (Fsp3) is 0.265. The van der Waals surface area contributed by atoms with E-state index in [-0.39, 0.29) is 42.6 Å². The Morgan fingerprint density at radius 2 is 1.72 bits per heavy atom. The summed E-state index contributed by atoms with van der Waals surface area (Å²) in [5.41, 5.74) is 1.39. The summed E-state index contributed by atoms with van der Waals surface area (Å²) in [6, 6.07) is 19.0. The quantitative estimate of drug-likeness (QED) is 0.156. The molecule has 13 heteroatoms. The number of methoxy groups -OCH3 is 2. The second-order valence-corrected chi connectivity index (χ2v) is 11.0. The molecular weight excluding hydrogens is 606 g/mol. The van der Waals surface area contributed by atoms with Crippen LogP contribution < -0.4 is 25.4 Å². The molecule has 4 rings (SSSR count). The van der Waals surface area contributed by atoms with Crippen LogP contribution in [-0.2, 0) is 14.3 Å². The molecule has 2 aromatic heterocycles. The van der Waals surface area contributed by atoms with Gasteiger partial charge in [-0.3, -0.25) is 9.59 Å². The third-order valence-corrected chi connectivity index (χ3v) is 6.41. The molecule has 0 aliphatic carbocycles. The van der Waals surface area contributed by atoms with E-state index in [1.54, 1.807) is 75.4 Å². The summed E-state index contributed by atoms with van der Waals surface area (Å²) in [5, 5.41) is 18.4. The van der Waals surface area contributed by atoms with Gasteiger partial charge in [-0.05, 0) is 57.2 Å². The van der Waals surface area contributed by atoms with E-state index in [0.29, 0.717) is 33.8 Å². The van der Waals surface area contributed by atoms with Gasteiger partial charge in [-0.2, -0.15) is 5.26 Å². The van der Waals surface area contributed by atoms with Crippen LogP contribution in [-0.4, -0.2) is 56.0 Å². The zero-order valence-electron chi connectivity index (χ0n) is 26.6. The standard InChI is InChI=1S/C34H35N5O8/c1-34(2,3)47-33(42)36-16-15-29(40)37-25-12-8-11-21(30(25)44-5)23-18-26(22-10-6-7-13-27(22)46-20-43-4)38-31(24(23)19-35)39-32(41)28-14-9-17-45-28/h6-14,17-18H,15-16,20H2,1-5H3,(H,36,42)(H,37,40)(H,38,39,41). The fourth-order valence-electron chi connectivity index (χ4n) is 4.47. The van der Waals surface area contributed by atoms with Crippen LogP contribution >= 0.6 is 0 Å². The number of hydrogen-bond acceptors (Lipinski definition) is 10. The Balaban J connectivity index is 1.75. The number of amides is 3. The molecule has 0 fully saturated rings. The molecule has 0 aliphatic rings. The Labute approximate surface area is 271 Å². The van der Waals surface area contributed by atoms with Crippen molar-refractivity contribution in [1.82, 2.24) is 10.3 Å². The SMILES string of the molecule is COCOc1ccccc1-c1cc(-c2cccc(NC(=O)CCNC(=O)OC(C)(C)C)c2OC)c(C#N)c(NC(=O)c2ccco2)n1. The number of hydrogen-bond donors (Lipinski definition) is 3. The fourth-order valence-corrected chi connectivity index (χ4v) is 4.47. The maximum Gasteiger partial charge on any atom is 0.407 e. The van der Waals surface area contributed by atoms with Gasteiger partial charge in [0, 0.05) is 36.8 Å². The van der Waals surface area contributed by atoms with Crippen LogP contribution in [0.15, 0.2) is 71.3 Å². The molecule has 0 bridgehead atoms. The Morgan fingerprint density at radius 1 is 0.957 bits per heavy atom. The van der Waals surface area contributed by atoms with Gasteiger partial charge in [-0.25, -0.2) is 9.78 Å². The molecule has 13 nitrogen and oxygen atoms in total. The van der Waals surface area contributed by atoms with Crippen molar-refractivity contribution in [2.24, 2.45) is 0 Å². The third-order valence-electron chi connectivity index (χ3n) is 6.41. The number of para-hydroxylation sites is 2. The molecule has 0 aliphatic heterocycles. The number of nitrogens with one attached hydrogen (secondary N) is 3. The van der Waals surface area contributed by atoms with E-state index < -0.39 is 23.5 Å². The minimum atomic E-state index is -0.671. The van der Waals surface area contributed by atoms with Gasteiger partial charge in [-0.15, -0.1) is 0 Å². The summed E-state index contributed by atoms with van der Waals surface area (Å²) >= 11 is 0. The molecule has 0 unspecified atom stereocenters. The molecule has 4 aromatic rings. The van der Waals surface area contributed by atoms with Gasteiger partial charge >= 0.3 is 6.09 Å². The lowest BCUT2D eigenvalue weighted by Gasteiger charge is -2.20. The number of aromatic nitrogens is 1. The van der Waals surface area contributed by atoms with Crippen molar-refractivity contribution in [2.45, 2.75) is 32.8 Å². The van der Waals surface area contributed by atoms with Crippen molar-refractivity contribution < 1.29 is 37.7 Å². The number of furan rings is 1. The van der Waals surface area contributed by atoms with E-state index >= 15 is 0 Å². The molecule has 2 heterocycles. The highest BCUT2D eigenvalue weighted by molar-refractivity contribution is 6.03. The van der Waals surface area contributed by atoms with Gasteiger partial charge in [0.1, 0.15) is 28.7 Å². The van der Waals surface area contributed by atoms with Crippen LogP contribution in [0.4, 0.5) is 16.3 Å². The second-order valence-electron chi connectivity index (χ2n) is 11.0. The molecule has 0 radical (unpaired) electrons. The maximum atomic E-state index is 13.0. The summed E-state index contributed by atoms with van der Waals surface area (Å²) in [7, 11) is 2.93. The van der Waals surface area contributed by atoms with Crippen molar-refractivity contribution in [3.63, 3.8) is 0 Å². The minimum Gasteiger partial charge on any atom is -0.494 e. The summed E-state index contributed by atoms with van der Waals surface area (Å²) in [4.78, 5) is 42.5. The number of benzene rings is 2. The van der Waals surface area contributed by atoms with Gasteiger partial charge in [0.25, 0.3) is 5.91 Å². The van der Waals surface area contributed by atoms with Gasteiger partial charge in [0.05, 0.1) is 24.8 Å². The summed E-state index contributed by atoms with van der Waals surface area (Å²) in [6.07, 6.45) is 0.680. The molecule has 0 saturated carbocycles. The number of alkyl carbamates (subject to hydrolysis) is 1. The molecule has 3 N–H and O–H groups in total. The highest BCUT2D eigenvalue weighted by Gasteiger charge is 2.23. The number of carbonyl (C=O) groups is 3. The number of pyridine rings is 1. The Morgan fingerprint density at radius 3 is 2.40 bits per heavy atom. The Kier molecular flexibility index (Phi) is 11.2. The molecule has 0 saturated heterocycles. The lowest BCUT2D eigenvalue weighted by atomic mass is 9.96. The van der Waals surface area contributed by atoms with Crippen LogP contribution in [0.5, 0.6) is 11.5 Å². The summed E-state index contributed by atoms with van der Waals surface area (Å²) in [5.74, 6) is -0.319. The highest BCUT2D eigenvalue weighted by atomic mass is 16.7. The van der Waals surface area contributed by atoms with E-state index in [4.69, 9.17) is 23.4 Å². The summed E-state index contributed by atoms with van der Waals surface area (Å²) in [6.45, 7) is 5.24. The van der Waals surface area contributed by atoms with Crippen LogP contribution in [0.2, 0.25) is 0 Å². The van der Waals surface area contributed by atoms with Gasteiger partial charge in [0.15, 0.2) is 18.4 Å². The Bertz CT molecular complexity index is 1770. The van der Waals surface area contributed by atoms with Crippen LogP contribution in [0.25, 0.3) is 22.4 Å². The number of anilines is 2. The number of carbonyl (C=O) groups excluding carboxylic acids is 3. The monoisotopic (exact) mass is 641 g/mol. The van der Waals surface area contributed by atoms with E-state index in [2.05, 4.69) is 27.0 Å². The largest absolute Gasteiger partial charge is 0.494 e. The molecule has 0 spiro atoms. The molecule has 3 amide bonds. The number of ether oxygens (including phenoxy) is 4. The Hall–Kier alpha value is -5.87. The van der Waals surface area contributed by atoms with E-state index in [9.17, 15) is 19.6 Å². The van der Waals surface area contributed by atoms with Gasteiger partial charge in [-0.1, -0.05) is 24.3 Å². The number of nitrogens with zero attached hydrogens (tertiary/aromatic N) is 2. The summed E-state index contributed by atoms with van der Waals surface area (Å²) < 4.78 is 27.0. The third kappa shape index (κ3) is 8.86. The average molecular weight is 642 g/mol. The van der Waals surface area contributed by atoms with E-state index in [1.165, 1.54) is 26.5 Å². The first kappa shape index (κ1) is 34.0. The first-order valence-electron chi connectivity index (χ1n) is 14.5. The number of rotatable bonds is 12. The highest BCUT2D eigenvalue weighted by Crippen LogP contribution is 2.42. The first-order valence-corrected chi connectivity index (χ1v) is 14.5. The van der Waals surface area contributed by atoms with Crippen molar-refractivity contribution in [1.29, 1.82) is 5.26 Å². The van der Waals surface area contributed by atoms with E-state index in [1.807, 2.05) is 0 Å². The molecule has 47 heavy (non-hydrogen) atoms. The molecule has 244 valence electrons. The van der Waals surface area contributed by atoms with Gasteiger partial charge < -0.3 is 39.3 Å². The lowest BCUT2D eigenvalue weighted by molar-refractivity contribution is -0.116. The normalized spacial score (nSPS) is 10.8. The van der Waals surface area contributed by atoms with Crippen molar-refractivity contribution in [2.75, 3.05) is 38.2 Å². The van der Waals surface area contributed by atoms with Crippen LogP contribution in [0, 0.1) is 11.3 Å². The number of nitriles is 1. The first-order chi connectivity index (χ1) is 22.5. The van der Waals surface area contributed by atoms with Crippen molar-refractivity contribution in [3.05, 3.63) is 78.3 Å². The van der Waals surface area contributed by atoms with Crippen molar-refractivity contribution in [3.8, 4) is 40.0 Å².